The summed E-state index contributed by atoms with van der Waals surface area (Å²) in [7, 11) is 4.92. The summed E-state index contributed by atoms with van der Waals surface area (Å²) >= 11 is 7.97. The lowest BCUT2D eigenvalue weighted by Gasteiger charge is -2.19. The molecule has 6 rings (SSSR count). The van der Waals surface area contributed by atoms with E-state index in [4.69, 9.17) is 35.3 Å². The van der Waals surface area contributed by atoms with Gasteiger partial charge >= 0.3 is 18.0 Å². The minimum absolute atomic E-state index is 0.00374. The van der Waals surface area contributed by atoms with Crippen LogP contribution in [0.3, 0.4) is 0 Å². The monoisotopic (exact) mass is 853 g/mol. The predicted molar refractivity (Wildman–Crippen MR) is 224 cm³/mol. The number of hydrogen-bond donors (Lipinski definition) is 4. The zero-order valence-corrected chi connectivity index (χ0v) is 34.4. The van der Waals surface area contributed by atoms with Crippen molar-refractivity contribution in [1.82, 2.24) is 20.6 Å². The number of carboxylic acid groups (broad SMARTS) is 1. The minimum atomic E-state index is -1.07. The molecule has 0 fully saturated rings. The van der Waals surface area contributed by atoms with Crippen molar-refractivity contribution >= 4 is 46.9 Å². The Hall–Kier alpha value is -6.91. The molecule has 2 aromatic heterocycles. The molecule has 0 aliphatic carbocycles. The Morgan fingerprint density at radius 3 is 2.03 bits per heavy atom. The Labute approximate surface area is 354 Å². The van der Waals surface area contributed by atoms with Gasteiger partial charge in [0.05, 0.1) is 62.9 Å². The van der Waals surface area contributed by atoms with E-state index < -0.39 is 24.0 Å². The maximum absolute atomic E-state index is 13.9. The molecule has 15 nitrogen and oxygen atoms in total. The van der Waals surface area contributed by atoms with Gasteiger partial charge in [0.15, 0.2) is 11.5 Å². The van der Waals surface area contributed by atoms with E-state index >= 15 is 0 Å². The number of aromatic nitrogens is 3. The number of thiazole rings is 1. The van der Waals surface area contributed by atoms with E-state index in [1.165, 1.54) is 6.20 Å². The molecule has 310 valence electrons. The lowest BCUT2D eigenvalue weighted by molar-refractivity contribution is -0.659. The highest BCUT2D eigenvalue weighted by Gasteiger charge is 2.24. The summed E-state index contributed by atoms with van der Waals surface area (Å²) in [5.41, 5.74) is 3.26. The van der Waals surface area contributed by atoms with Gasteiger partial charge in [-0.15, -0.1) is 11.3 Å². The fourth-order valence-electron chi connectivity index (χ4n) is 5.65. The third-order valence-electron chi connectivity index (χ3n) is 8.91. The van der Waals surface area contributed by atoms with Gasteiger partial charge < -0.3 is 39.4 Å². The van der Waals surface area contributed by atoms with Gasteiger partial charge in [0.1, 0.15) is 53.4 Å². The van der Waals surface area contributed by atoms with E-state index in [2.05, 4.69) is 25.9 Å². The quantitative estimate of drug-likeness (QED) is 0.0635. The first-order valence-electron chi connectivity index (χ1n) is 18.5. The Balaban J connectivity index is 1.19. The number of carbonyl (C=O) groups excluding carboxylic acids is 2. The second-order valence-electron chi connectivity index (χ2n) is 13.1. The van der Waals surface area contributed by atoms with E-state index in [1.807, 2.05) is 78.9 Å². The molecule has 0 saturated heterocycles. The molecule has 0 bridgehead atoms. The highest BCUT2D eigenvalue weighted by atomic mass is 35.5. The molecule has 0 spiro atoms. The lowest BCUT2D eigenvalue weighted by Crippen LogP contribution is -2.47. The van der Waals surface area contributed by atoms with Crippen LogP contribution in [0.15, 0.2) is 110 Å². The number of carboxylic acids is 1. The van der Waals surface area contributed by atoms with Crippen molar-refractivity contribution in [1.29, 1.82) is 0 Å². The van der Waals surface area contributed by atoms with Gasteiger partial charge in [0.2, 0.25) is 0 Å². The van der Waals surface area contributed by atoms with Crippen LogP contribution in [0.2, 0.25) is 5.02 Å². The Morgan fingerprint density at radius 1 is 0.783 bits per heavy atom. The topological polar surface area (TPSA) is 183 Å². The molecule has 60 heavy (non-hydrogen) atoms. The average Bonchev–Trinajstić information content (AvgIpc) is 3.78. The number of aryl methyl sites for hydroxylation is 1. The second kappa shape index (κ2) is 20.7. The number of nitrogens with one attached hydrogen (secondary N) is 3. The third-order valence-corrected chi connectivity index (χ3v) is 10.3. The van der Waals surface area contributed by atoms with Crippen molar-refractivity contribution < 1.29 is 47.7 Å². The van der Waals surface area contributed by atoms with Crippen molar-refractivity contribution in [3.05, 3.63) is 142 Å². The van der Waals surface area contributed by atoms with E-state index in [-0.39, 0.29) is 54.1 Å². The SMILES string of the molecule is COc1ccc(COc2ccc(C(=O)NCC(CNC(=O)OCc3ccccc3)Nc3ncc(-c4ncc(C(=O)O)s4)c[n+]3C)c(Cl)c2OCc2ccc(OC)cc2)cc1. The van der Waals surface area contributed by atoms with Crippen LogP contribution in [0.4, 0.5) is 10.7 Å². The van der Waals surface area contributed by atoms with E-state index in [9.17, 15) is 19.5 Å². The van der Waals surface area contributed by atoms with Crippen LogP contribution < -0.4 is 39.5 Å². The fraction of sp³-hybridized carbons (Fsp3) is 0.209. The number of anilines is 1. The summed E-state index contributed by atoms with van der Waals surface area (Å²) in [6.07, 6.45) is 3.92. The van der Waals surface area contributed by atoms with Crippen LogP contribution in [-0.2, 0) is 31.6 Å². The van der Waals surface area contributed by atoms with E-state index in [0.717, 1.165) is 28.0 Å². The zero-order chi connectivity index (χ0) is 42.4. The molecule has 1 atom stereocenters. The standard InChI is InChI=1S/C43H41ClN6O9S/c1-50-23-30(40-46-22-36(60-40)41(52)53)19-47-42(50)49-31(21-48-43(54)59-26-27-7-5-4-6-8-27)20-45-39(51)34-17-18-35(57-24-28-9-13-32(55-2)14-10-28)38(37(34)44)58-25-29-11-15-33(56-3)16-12-29/h4-19,22-23,31H,20-21,24-26H2,1-3H3,(H3,45,48,51,52,53,54)/p+1. The Kier molecular flexibility index (Phi) is 14.7. The first-order chi connectivity index (χ1) is 29.1. The summed E-state index contributed by atoms with van der Waals surface area (Å²) in [5.74, 6) is 0.722. The van der Waals surface area contributed by atoms with Crippen LogP contribution in [0.1, 0.15) is 36.7 Å². The van der Waals surface area contributed by atoms with Gasteiger partial charge in [0, 0.05) is 0 Å². The molecule has 17 heteroatoms. The molecule has 2 heterocycles. The van der Waals surface area contributed by atoms with Gasteiger partial charge in [0.25, 0.3) is 5.91 Å². The highest BCUT2D eigenvalue weighted by Crippen LogP contribution is 2.39. The van der Waals surface area contributed by atoms with Gasteiger partial charge in [-0.1, -0.05) is 71.2 Å². The molecular weight excluding hydrogens is 812 g/mol. The summed E-state index contributed by atoms with van der Waals surface area (Å²) in [4.78, 5) is 46.9. The Bertz CT molecular complexity index is 2400. The third kappa shape index (κ3) is 11.6. The maximum atomic E-state index is 13.9. The number of halogens is 1. The van der Waals surface area contributed by atoms with Crippen molar-refractivity contribution in [3.8, 4) is 33.6 Å². The van der Waals surface area contributed by atoms with Crippen LogP contribution in [0.5, 0.6) is 23.0 Å². The first kappa shape index (κ1) is 42.7. The highest BCUT2D eigenvalue weighted by molar-refractivity contribution is 7.16. The number of rotatable bonds is 19. The minimum Gasteiger partial charge on any atom is -0.497 e. The van der Waals surface area contributed by atoms with Crippen LogP contribution >= 0.6 is 22.9 Å². The van der Waals surface area contributed by atoms with E-state index in [0.29, 0.717) is 33.8 Å². The van der Waals surface area contributed by atoms with Crippen LogP contribution in [0, 0.1) is 0 Å². The van der Waals surface area contributed by atoms with Crippen molar-refractivity contribution in [2.75, 3.05) is 32.6 Å². The number of ether oxygens (including phenoxy) is 5. The number of carbonyl (C=O) groups is 3. The zero-order valence-electron chi connectivity index (χ0n) is 32.8. The van der Waals surface area contributed by atoms with Gasteiger partial charge in [-0.3, -0.25) is 10.1 Å². The van der Waals surface area contributed by atoms with Crippen molar-refractivity contribution in [3.63, 3.8) is 0 Å². The molecule has 4 N–H and O–H groups in total. The number of methoxy groups -OCH3 is 2. The van der Waals surface area contributed by atoms with Gasteiger partial charge in [-0.25, -0.2) is 19.1 Å². The molecule has 0 saturated carbocycles. The summed E-state index contributed by atoms with van der Waals surface area (Å²) in [6, 6.07) is 26.6. The lowest BCUT2D eigenvalue weighted by atomic mass is 10.1. The summed E-state index contributed by atoms with van der Waals surface area (Å²) in [5, 5.41) is 18.8. The predicted octanol–water partition coefficient (Wildman–Crippen LogP) is 6.69. The maximum Gasteiger partial charge on any atom is 0.407 e. The largest absolute Gasteiger partial charge is 0.497 e. The molecule has 6 aromatic rings. The number of amides is 2. The normalized spacial score (nSPS) is 11.2. The molecule has 1 unspecified atom stereocenters. The number of alkyl carbamates (subject to hydrolysis) is 1. The second-order valence-corrected chi connectivity index (χ2v) is 14.5. The Morgan fingerprint density at radius 2 is 1.42 bits per heavy atom. The molecule has 0 aliphatic heterocycles. The van der Waals surface area contributed by atoms with Crippen LogP contribution in [-0.4, -0.2) is 66.4 Å². The van der Waals surface area contributed by atoms with E-state index in [1.54, 1.807) is 50.4 Å². The number of nitrogens with zero attached hydrogens (tertiary/aromatic N) is 3. The fourth-order valence-corrected chi connectivity index (χ4v) is 6.68. The van der Waals surface area contributed by atoms with Crippen LogP contribution in [0.25, 0.3) is 10.6 Å². The molecule has 2 amide bonds. The molecular formula is C43H42ClN6O9S+. The number of benzene rings is 4. The summed E-state index contributed by atoms with van der Waals surface area (Å²) < 4.78 is 30.0. The molecule has 0 aliphatic rings. The van der Waals surface area contributed by atoms with Gasteiger partial charge in [-0.2, -0.15) is 0 Å². The average molecular weight is 854 g/mol. The summed E-state index contributed by atoms with van der Waals surface area (Å²) in [6.45, 7) is 0.412. The van der Waals surface area contributed by atoms with Crippen molar-refractivity contribution in [2.24, 2.45) is 7.05 Å². The smallest absolute Gasteiger partial charge is 0.407 e. The number of aromatic carboxylic acids is 1. The first-order valence-corrected chi connectivity index (χ1v) is 19.7. The van der Waals surface area contributed by atoms with Gasteiger partial charge in [-0.05, 0) is 53.1 Å². The molecule has 4 aromatic carbocycles. The van der Waals surface area contributed by atoms with Crippen molar-refractivity contribution in [2.45, 2.75) is 25.9 Å². The number of hydrogen-bond acceptors (Lipinski definition) is 12. The molecule has 0 radical (unpaired) electrons.